The van der Waals surface area contributed by atoms with Crippen molar-refractivity contribution in [1.82, 2.24) is 9.80 Å². The lowest BCUT2D eigenvalue weighted by Crippen LogP contribution is -2.41. The lowest BCUT2D eigenvalue weighted by atomic mass is 9.68. The lowest BCUT2D eigenvalue weighted by Gasteiger charge is -2.44. The molecule has 2 aliphatic heterocycles. The first-order valence-electron chi connectivity index (χ1n) is 8.81. The van der Waals surface area contributed by atoms with Gasteiger partial charge < -0.3 is 9.80 Å². The fourth-order valence-corrected chi connectivity index (χ4v) is 4.58. The van der Waals surface area contributed by atoms with E-state index in [0.717, 1.165) is 5.41 Å². The van der Waals surface area contributed by atoms with Crippen molar-refractivity contribution in [3.63, 3.8) is 0 Å². The minimum atomic E-state index is 0.781. The molecule has 0 N–H and O–H groups in total. The van der Waals surface area contributed by atoms with E-state index in [1.165, 1.54) is 103 Å². The molecule has 3 rings (SSSR count). The van der Waals surface area contributed by atoms with Gasteiger partial charge in [0.1, 0.15) is 0 Å². The van der Waals surface area contributed by atoms with Crippen LogP contribution >= 0.6 is 0 Å². The molecule has 2 heterocycles. The summed E-state index contributed by atoms with van der Waals surface area (Å²) in [6.07, 6.45) is 14.9. The number of hydrogen-bond donors (Lipinski definition) is 0. The summed E-state index contributed by atoms with van der Waals surface area (Å²) in [5, 5.41) is 0. The molecule has 0 bridgehead atoms. The number of nitrogens with zero attached hydrogens (tertiary/aromatic N) is 2. The number of piperidine rings is 1. The lowest BCUT2D eigenvalue weighted by molar-refractivity contribution is 0.0660. The average Bonchev–Trinajstić information content (AvgIpc) is 2.96. The van der Waals surface area contributed by atoms with Crippen LogP contribution < -0.4 is 0 Å². The summed E-state index contributed by atoms with van der Waals surface area (Å²) in [5.41, 5.74) is 0.781. The molecule has 3 fully saturated rings. The van der Waals surface area contributed by atoms with E-state index in [9.17, 15) is 0 Å². The van der Waals surface area contributed by atoms with Crippen LogP contribution in [0.25, 0.3) is 0 Å². The standard InChI is InChI=1S/C17H32N2/c1-2-7-17(8-3-1)9-15-19(16-10-17)14-6-13-18-11-4-5-12-18/h1-16H2. The van der Waals surface area contributed by atoms with Crippen LogP contribution in [-0.4, -0.2) is 49.1 Å². The second-order valence-corrected chi connectivity index (χ2v) is 7.30. The summed E-state index contributed by atoms with van der Waals surface area (Å²) in [7, 11) is 0. The van der Waals surface area contributed by atoms with E-state index in [1.807, 2.05) is 0 Å². The molecule has 3 aliphatic rings. The zero-order valence-electron chi connectivity index (χ0n) is 12.7. The van der Waals surface area contributed by atoms with Gasteiger partial charge in [0.15, 0.2) is 0 Å². The van der Waals surface area contributed by atoms with Crippen LogP contribution in [-0.2, 0) is 0 Å². The Kier molecular flexibility index (Phi) is 4.81. The molecule has 0 aromatic rings. The third-order valence-electron chi connectivity index (χ3n) is 5.98. The Morgan fingerprint density at radius 2 is 1.16 bits per heavy atom. The predicted molar refractivity (Wildman–Crippen MR) is 81.5 cm³/mol. The SMILES string of the molecule is C1CCC2(CC1)CCN(CCCN1CCCC1)CC2. The highest BCUT2D eigenvalue weighted by Gasteiger charge is 2.35. The van der Waals surface area contributed by atoms with Gasteiger partial charge in [-0.3, -0.25) is 0 Å². The van der Waals surface area contributed by atoms with Crippen molar-refractivity contribution in [2.75, 3.05) is 39.3 Å². The minimum Gasteiger partial charge on any atom is -0.303 e. The van der Waals surface area contributed by atoms with E-state index in [2.05, 4.69) is 9.80 Å². The number of rotatable bonds is 4. The van der Waals surface area contributed by atoms with Crippen molar-refractivity contribution in [2.45, 2.75) is 64.2 Å². The fourth-order valence-electron chi connectivity index (χ4n) is 4.58. The molecule has 1 aliphatic carbocycles. The fraction of sp³-hybridized carbons (Fsp3) is 1.00. The summed E-state index contributed by atoms with van der Waals surface area (Å²) in [6, 6.07) is 0. The van der Waals surface area contributed by atoms with Gasteiger partial charge in [-0.05, 0) is 89.6 Å². The molecular formula is C17H32N2. The van der Waals surface area contributed by atoms with E-state index in [4.69, 9.17) is 0 Å². The molecule has 1 spiro atoms. The second-order valence-electron chi connectivity index (χ2n) is 7.30. The molecule has 110 valence electrons. The summed E-state index contributed by atoms with van der Waals surface area (Å²) >= 11 is 0. The Balaban J connectivity index is 1.33. The molecular weight excluding hydrogens is 232 g/mol. The van der Waals surface area contributed by atoms with Gasteiger partial charge in [0.2, 0.25) is 0 Å². The van der Waals surface area contributed by atoms with Gasteiger partial charge >= 0.3 is 0 Å². The van der Waals surface area contributed by atoms with E-state index in [1.54, 1.807) is 0 Å². The Labute approximate surface area is 119 Å². The van der Waals surface area contributed by atoms with Gasteiger partial charge in [-0.2, -0.15) is 0 Å². The average molecular weight is 264 g/mol. The molecule has 0 amide bonds. The van der Waals surface area contributed by atoms with Gasteiger partial charge in [-0.25, -0.2) is 0 Å². The Morgan fingerprint density at radius 1 is 0.579 bits per heavy atom. The first kappa shape index (κ1) is 13.9. The van der Waals surface area contributed by atoms with E-state index in [-0.39, 0.29) is 0 Å². The first-order chi connectivity index (χ1) is 9.36. The third kappa shape index (κ3) is 3.72. The summed E-state index contributed by atoms with van der Waals surface area (Å²) in [4.78, 5) is 5.41. The second kappa shape index (κ2) is 6.58. The molecule has 1 saturated carbocycles. The molecule has 2 nitrogen and oxygen atoms in total. The van der Waals surface area contributed by atoms with Crippen molar-refractivity contribution in [3.05, 3.63) is 0 Å². The molecule has 0 aromatic carbocycles. The van der Waals surface area contributed by atoms with E-state index >= 15 is 0 Å². The topological polar surface area (TPSA) is 6.48 Å². The van der Waals surface area contributed by atoms with Crippen LogP contribution in [0.2, 0.25) is 0 Å². The highest BCUT2D eigenvalue weighted by Crippen LogP contribution is 2.44. The van der Waals surface area contributed by atoms with Crippen molar-refractivity contribution in [3.8, 4) is 0 Å². The van der Waals surface area contributed by atoms with E-state index < -0.39 is 0 Å². The van der Waals surface area contributed by atoms with E-state index in [0.29, 0.717) is 0 Å². The maximum atomic E-state index is 2.75. The smallest absolute Gasteiger partial charge is 0.000654 e. The van der Waals surface area contributed by atoms with Gasteiger partial charge in [-0.15, -0.1) is 0 Å². The Hall–Kier alpha value is -0.0800. The van der Waals surface area contributed by atoms with Crippen LogP contribution in [0, 0.1) is 5.41 Å². The summed E-state index contributed by atoms with van der Waals surface area (Å²) in [6.45, 7) is 8.21. The normalized spacial score (nSPS) is 29.1. The zero-order chi connectivity index (χ0) is 13.0. The first-order valence-corrected chi connectivity index (χ1v) is 8.81. The Morgan fingerprint density at radius 3 is 1.79 bits per heavy atom. The van der Waals surface area contributed by atoms with Crippen LogP contribution in [0.3, 0.4) is 0 Å². The molecule has 19 heavy (non-hydrogen) atoms. The highest BCUT2D eigenvalue weighted by atomic mass is 15.2. The van der Waals surface area contributed by atoms with Gasteiger partial charge in [-0.1, -0.05) is 19.3 Å². The van der Waals surface area contributed by atoms with Gasteiger partial charge in [0.25, 0.3) is 0 Å². The van der Waals surface area contributed by atoms with Gasteiger partial charge in [0, 0.05) is 0 Å². The van der Waals surface area contributed by atoms with Crippen molar-refractivity contribution < 1.29 is 0 Å². The molecule has 0 unspecified atom stereocenters. The van der Waals surface area contributed by atoms with Crippen molar-refractivity contribution in [1.29, 1.82) is 0 Å². The summed E-state index contributed by atoms with van der Waals surface area (Å²) < 4.78 is 0. The largest absolute Gasteiger partial charge is 0.303 e. The van der Waals surface area contributed by atoms with Crippen molar-refractivity contribution in [2.24, 2.45) is 5.41 Å². The maximum absolute atomic E-state index is 2.75. The summed E-state index contributed by atoms with van der Waals surface area (Å²) in [5.74, 6) is 0. The van der Waals surface area contributed by atoms with Crippen LogP contribution in [0.4, 0.5) is 0 Å². The predicted octanol–water partition coefficient (Wildman–Crippen LogP) is 3.52. The zero-order valence-corrected chi connectivity index (χ0v) is 12.7. The molecule has 2 heteroatoms. The van der Waals surface area contributed by atoms with Crippen LogP contribution in [0.1, 0.15) is 64.2 Å². The maximum Gasteiger partial charge on any atom is -0.000654 e. The molecule has 0 aromatic heterocycles. The van der Waals surface area contributed by atoms with Gasteiger partial charge in [0.05, 0.1) is 0 Å². The quantitative estimate of drug-likeness (QED) is 0.766. The number of likely N-dealkylation sites (tertiary alicyclic amines) is 2. The highest BCUT2D eigenvalue weighted by molar-refractivity contribution is 4.88. The van der Waals surface area contributed by atoms with Crippen LogP contribution in [0.5, 0.6) is 0 Å². The molecule has 0 radical (unpaired) electrons. The van der Waals surface area contributed by atoms with Crippen molar-refractivity contribution >= 4 is 0 Å². The Bertz CT molecular complexity index is 254. The number of hydrogen-bond acceptors (Lipinski definition) is 2. The monoisotopic (exact) mass is 264 g/mol. The minimum absolute atomic E-state index is 0.781. The van der Waals surface area contributed by atoms with Crippen LogP contribution in [0.15, 0.2) is 0 Å². The molecule has 0 atom stereocenters. The molecule has 2 saturated heterocycles. The third-order valence-corrected chi connectivity index (χ3v) is 5.98.